The van der Waals surface area contributed by atoms with Crippen LogP contribution in [0.5, 0.6) is 0 Å². The molecule has 0 bridgehead atoms. The van der Waals surface area contributed by atoms with Crippen molar-refractivity contribution in [3.05, 3.63) is 29.8 Å². The molecule has 0 aliphatic carbocycles. The molecule has 0 aliphatic heterocycles. The highest BCUT2D eigenvalue weighted by Crippen LogP contribution is 2.15. The zero-order chi connectivity index (χ0) is 10.8. The van der Waals surface area contributed by atoms with Gasteiger partial charge in [-0.2, -0.15) is 0 Å². The fourth-order valence-corrected chi connectivity index (χ4v) is 1.70. The minimum atomic E-state index is -3.16. The molecule has 0 fully saturated rings. The van der Waals surface area contributed by atoms with Gasteiger partial charge in [-0.25, -0.2) is 8.42 Å². The summed E-state index contributed by atoms with van der Waals surface area (Å²) in [6, 6.07) is 6.05. The van der Waals surface area contributed by atoms with Gasteiger partial charge in [0.15, 0.2) is 9.84 Å². The summed E-state index contributed by atoms with van der Waals surface area (Å²) >= 11 is 0. The van der Waals surface area contributed by atoms with Crippen LogP contribution in [-0.2, 0) is 9.84 Å². The topological polar surface area (TPSA) is 80.4 Å². The second-order valence-electron chi connectivity index (χ2n) is 3.09. The van der Waals surface area contributed by atoms with E-state index in [2.05, 4.69) is 0 Å². The Bertz CT molecular complexity index is 397. The van der Waals surface area contributed by atoms with Gasteiger partial charge in [-0.3, -0.25) is 0 Å². The molecule has 78 valence electrons. The van der Waals surface area contributed by atoms with Crippen LogP contribution in [0.15, 0.2) is 29.2 Å². The number of hydrogen-bond acceptors (Lipinski definition) is 4. The molecule has 0 aliphatic rings. The SMILES string of the molecule is CS(=O)(=O)c1ccc(C(O)CN)cc1. The fraction of sp³-hybridized carbons (Fsp3) is 0.333. The molecule has 1 unspecified atom stereocenters. The van der Waals surface area contributed by atoms with E-state index in [0.29, 0.717) is 5.56 Å². The summed E-state index contributed by atoms with van der Waals surface area (Å²) in [5.74, 6) is 0. The summed E-state index contributed by atoms with van der Waals surface area (Å²) in [7, 11) is -3.16. The van der Waals surface area contributed by atoms with Gasteiger partial charge in [-0.15, -0.1) is 0 Å². The number of nitrogens with two attached hydrogens (primary N) is 1. The maximum Gasteiger partial charge on any atom is 0.175 e. The number of aliphatic hydroxyl groups is 1. The molecular weight excluding hydrogens is 202 g/mol. The molecule has 0 saturated carbocycles. The third kappa shape index (κ3) is 2.54. The minimum Gasteiger partial charge on any atom is -0.387 e. The molecule has 4 nitrogen and oxygen atoms in total. The first-order valence-electron chi connectivity index (χ1n) is 4.13. The quantitative estimate of drug-likeness (QED) is 0.748. The van der Waals surface area contributed by atoms with Crippen LogP contribution in [0.2, 0.25) is 0 Å². The van der Waals surface area contributed by atoms with Gasteiger partial charge in [-0.1, -0.05) is 12.1 Å². The van der Waals surface area contributed by atoms with Crippen LogP contribution in [0.1, 0.15) is 11.7 Å². The summed E-state index contributed by atoms with van der Waals surface area (Å²) in [4.78, 5) is 0.241. The Kier molecular flexibility index (Phi) is 3.25. The van der Waals surface area contributed by atoms with Crippen molar-refractivity contribution in [1.82, 2.24) is 0 Å². The lowest BCUT2D eigenvalue weighted by molar-refractivity contribution is 0.186. The molecule has 1 atom stereocenters. The average molecular weight is 215 g/mol. The van der Waals surface area contributed by atoms with Gasteiger partial charge in [0, 0.05) is 12.8 Å². The molecule has 14 heavy (non-hydrogen) atoms. The fourth-order valence-electron chi connectivity index (χ4n) is 1.07. The van der Waals surface area contributed by atoms with Gasteiger partial charge < -0.3 is 10.8 Å². The van der Waals surface area contributed by atoms with E-state index in [-0.39, 0.29) is 11.4 Å². The Morgan fingerprint density at radius 1 is 1.36 bits per heavy atom. The van der Waals surface area contributed by atoms with Crippen LogP contribution in [-0.4, -0.2) is 26.3 Å². The van der Waals surface area contributed by atoms with E-state index in [1.165, 1.54) is 12.1 Å². The predicted molar refractivity (Wildman–Crippen MR) is 53.6 cm³/mol. The summed E-state index contributed by atoms with van der Waals surface area (Å²) in [5, 5.41) is 9.35. The molecule has 3 N–H and O–H groups in total. The number of aliphatic hydroxyl groups excluding tert-OH is 1. The van der Waals surface area contributed by atoms with Crippen molar-refractivity contribution in [2.24, 2.45) is 5.73 Å². The Morgan fingerprint density at radius 2 is 1.86 bits per heavy atom. The van der Waals surface area contributed by atoms with Crippen molar-refractivity contribution >= 4 is 9.84 Å². The second-order valence-corrected chi connectivity index (χ2v) is 5.11. The largest absolute Gasteiger partial charge is 0.387 e. The Hall–Kier alpha value is -0.910. The summed E-state index contributed by atoms with van der Waals surface area (Å²) in [6.07, 6.45) is 0.407. The summed E-state index contributed by atoms with van der Waals surface area (Å²) in [5.41, 5.74) is 5.88. The highest BCUT2D eigenvalue weighted by Gasteiger charge is 2.08. The monoisotopic (exact) mass is 215 g/mol. The Morgan fingerprint density at radius 3 is 2.21 bits per heavy atom. The average Bonchev–Trinajstić information content (AvgIpc) is 2.15. The standard InChI is InChI=1S/C9H13NO3S/c1-14(12,13)8-4-2-7(3-5-8)9(11)6-10/h2-5,9,11H,6,10H2,1H3. The van der Waals surface area contributed by atoms with Crippen LogP contribution >= 0.6 is 0 Å². The number of sulfone groups is 1. The first kappa shape index (κ1) is 11.2. The normalized spacial score (nSPS) is 13.9. The van der Waals surface area contributed by atoms with Gasteiger partial charge >= 0.3 is 0 Å². The van der Waals surface area contributed by atoms with E-state index in [1.54, 1.807) is 12.1 Å². The number of benzene rings is 1. The molecule has 1 aromatic rings. The molecule has 0 radical (unpaired) electrons. The first-order valence-corrected chi connectivity index (χ1v) is 6.02. The van der Waals surface area contributed by atoms with E-state index in [4.69, 9.17) is 5.73 Å². The van der Waals surface area contributed by atoms with E-state index in [1.807, 2.05) is 0 Å². The molecule has 0 heterocycles. The maximum absolute atomic E-state index is 11.1. The molecule has 1 aromatic carbocycles. The molecule has 0 aromatic heterocycles. The highest BCUT2D eigenvalue weighted by molar-refractivity contribution is 7.90. The molecular formula is C9H13NO3S. The van der Waals surface area contributed by atoms with Crippen LogP contribution in [0.25, 0.3) is 0 Å². The van der Waals surface area contributed by atoms with Crippen molar-refractivity contribution in [1.29, 1.82) is 0 Å². The van der Waals surface area contributed by atoms with E-state index in [9.17, 15) is 13.5 Å². The molecule has 1 rings (SSSR count). The third-order valence-electron chi connectivity index (χ3n) is 1.92. The molecule has 0 saturated heterocycles. The lowest BCUT2D eigenvalue weighted by atomic mass is 10.1. The minimum absolute atomic E-state index is 0.123. The van der Waals surface area contributed by atoms with E-state index < -0.39 is 15.9 Å². The van der Waals surface area contributed by atoms with Gasteiger partial charge in [-0.05, 0) is 17.7 Å². The van der Waals surface area contributed by atoms with Crippen molar-refractivity contribution in [3.63, 3.8) is 0 Å². The highest BCUT2D eigenvalue weighted by atomic mass is 32.2. The number of hydrogen-bond donors (Lipinski definition) is 2. The van der Waals surface area contributed by atoms with Crippen LogP contribution in [0.3, 0.4) is 0 Å². The van der Waals surface area contributed by atoms with Crippen LogP contribution < -0.4 is 5.73 Å². The van der Waals surface area contributed by atoms with E-state index in [0.717, 1.165) is 6.26 Å². The maximum atomic E-state index is 11.1. The smallest absolute Gasteiger partial charge is 0.175 e. The summed E-state index contributed by atoms with van der Waals surface area (Å²) in [6.45, 7) is 0.123. The third-order valence-corrected chi connectivity index (χ3v) is 3.04. The van der Waals surface area contributed by atoms with Crippen molar-refractivity contribution in [2.45, 2.75) is 11.0 Å². The Balaban J connectivity index is 3.01. The van der Waals surface area contributed by atoms with Gasteiger partial charge in [0.25, 0.3) is 0 Å². The van der Waals surface area contributed by atoms with Gasteiger partial charge in [0.05, 0.1) is 11.0 Å². The second kappa shape index (κ2) is 4.08. The van der Waals surface area contributed by atoms with E-state index >= 15 is 0 Å². The van der Waals surface area contributed by atoms with Crippen LogP contribution in [0.4, 0.5) is 0 Å². The Labute approximate surface area is 83.3 Å². The molecule has 0 amide bonds. The lowest BCUT2D eigenvalue weighted by Gasteiger charge is -2.07. The lowest BCUT2D eigenvalue weighted by Crippen LogP contribution is -2.11. The zero-order valence-corrected chi connectivity index (χ0v) is 8.66. The van der Waals surface area contributed by atoms with Crippen molar-refractivity contribution in [2.75, 3.05) is 12.8 Å². The van der Waals surface area contributed by atoms with Crippen LogP contribution in [0, 0.1) is 0 Å². The molecule has 0 spiro atoms. The van der Waals surface area contributed by atoms with Gasteiger partial charge in [0.1, 0.15) is 0 Å². The van der Waals surface area contributed by atoms with Gasteiger partial charge in [0.2, 0.25) is 0 Å². The summed E-state index contributed by atoms with van der Waals surface area (Å²) < 4.78 is 22.2. The van der Waals surface area contributed by atoms with Crippen molar-refractivity contribution in [3.8, 4) is 0 Å². The predicted octanol–water partition coefficient (Wildman–Crippen LogP) is 0.0822. The first-order chi connectivity index (χ1) is 6.45. The van der Waals surface area contributed by atoms with Crippen molar-refractivity contribution < 1.29 is 13.5 Å². The number of rotatable bonds is 3. The molecule has 5 heteroatoms. The zero-order valence-electron chi connectivity index (χ0n) is 7.84.